The molecule has 2 aromatic carbocycles. The number of aromatic nitrogens is 2. The molecule has 0 bridgehead atoms. The van der Waals surface area contributed by atoms with Gasteiger partial charge in [-0.2, -0.15) is 0 Å². The minimum atomic E-state index is -0.224. The first-order valence-corrected chi connectivity index (χ1v) is 10.7. The lowest BCUT2D eigenvalue weighted by Gasteiger charge is -2.14. The third-order valence-electron chi connectivity index (χ3n) is 5.45. The lowest BCUT2D eigenvalue weighted by molar-refractivity contribution is 0.0827. The minimum Gasteiger partial charge on any atom is -0.496 e. The molecule has 2 N–H and O–H groups in total. The number of hydrogen-bond acceptors (Lipinski definition) is 4. The van der Waals surface area contributed by atoms with Gasteiger partial charge in [-0.25, -0.2) is 4.98 Å². The molecule has 2 heterocycles. The maximum atomic E-state index is 12.7. The Labute approximate surface area is 192 Å². The van der Waals surface area contributed by atoms with Crippen molar-refractivity contribution < 1.29 is 14.3 Å². The summed E-state index contributed by atoms with van der Waals surface area (Å²) in [5, 5.41) is 3.72. The van der Waals surface area contributed by atoms with Crippen LogP contribution in [0.15, 0.2) is 60.9 Å². The molecule has 0 spiro atoms. The van der Waals surface area contributed by atoms with Gasteiger partial charge < -0.3 is 19.9 Å². The van der Waals surface area contributed by atoms with Crippen molar-refractivity contribution >= 4 is 22.8 Å². The lowest BCUT2D eigenvalue weighted by Crippen LogP contribution is -2.25. The fourth-order valence-corrected chi connectivity index (χ4v) is 3.82. The summed E-state index contributed by atoms with van der Waals surface area (Å²) >= 11 is 0. The number of amides is 2. The molecule has 0 atom stereocenters. The molecule has 33 heavy (non-hydrogen) atoms. The number of aromatic amines is 1. The number of nitrogens with zero attached hydrogens (tertiary/aromatic N) is 2. The summed E-state index contributed by atoms with van der Waals surface area (Å²) in [4.78, 5) is 34.6. The van der Waals surface area contributed by atoms with Crippen LogP contribution in [0.4, 0.5) is 0 Å². The third-order valence-corrected chi connectivity index (χ3v) is 5.45. The molecule has 168 valence electrons. The van der Waals surface area contributed by atoms with E-state index in [-0.39, 0.29) is 11.8 Å². The highest BCUT2D eigenvalue weighted by Gasteiger charge is 2.17. The molecule has 4 aromatic rings. The van der Waals surface area contributed by atoms with Crippen LogP contribution in [0.25, 0.3) is 33.3 Å². The van der Waals surface area contributed by atoms with Crippen LogP contribution in [0.5, 0.6) is 5.75 Å². The average Bonchev–Trinajstić information content (AvgIpc) is 3.26. The monoisotopic (exact) mass is 442 g/mol. The molecular weight excluding hydrogens is 416 g/mol. The summed E-state index contributed by atoms with van der Waals surface area (Å²) in [5.41, 5.74) is 5.06. The number of fused-ring (bicyclic) bond motifs is 1. The summed E-state index contributed by atoms with van der Waals surface area (Å²) < 4.78 is 5.54. The zero-order chi connectivity index (χ0) is 23.5. The average molecular weight is 443 g/mol. The van der Waals surface area contributed by atoms with E-state index in [0.717, 1.165) is 39.0 Å². The van der Waals surface area contributed by atoms with Gasteiger partial charge in [0.25, 0.3) is 11.8 Å². The molecule has 7 nitrogen and oxygen atoms in total. The number of carbonyl (C=O) groups is 2. The van der Waals surface area contributed by atoms with E-state index in [9.17, 15) is 9.59 Å². The molecule has 4 rings (SSSR count). The molecule has 0 unspecified atom stereocenters. The number of carbonyl (C=O) groups excluding carboxylic acids is 2. The minimum absolute atomic E-state index is 0.173. The van der Waals surface area contributed by atoms with Gasteiger partial charge in [0.2, 0.25) is 0 Å². The Bertz CT molecular complexity index is 1340. The Morgan fingerprint density at radius 2 is 1.79 bits per heavy atom. The first-order valence-electron chi connectivity index (χ1n) is 10.7. The van der Waals surface area contributed by atoms with Crippen molar-refractivity contribution in [2.45, 2.75) is 6.92 Å². The number of H-pyrrole nitrogens is 1. The van der Waals surface area contributed by atoms with Crippen LogP contribution in [0, 0.1) is 0 Å². The summed E-state index contributed by atoms with van der Waals surface area (Å²) in [5.74, 6) is 0.367. The van der Waals surface area contributed by atoms with Crippen molar-refractivity contribution in [1.29, 1.82) is 0 Å². The van der Waals surface area contributed by atoms with Crippen molar-refractivity contribution in [3.8, 4) is 28.0 Å². The Morgan fingerprint density at radius 3 is 2.52 bits per heavy atom. The Kier molecular flexibility index (Phi) is 6.13. The molecular formula is C26H26N4O3. The van der Waals surface area contributed by atoms with Crippen LogP contribution in [0.3, 0.4) is 0 Å². The Morgan fingerprint density at radius 1 is 1.03 bits per heavy atom. The molecule has 2 amide bonds. The van der Waals surface area contributed by atoms with Crippen molar-refractivity contribution in [1.82, 2.24) is 20.2 Å². The zero-order valence-electron chi connectivity index (χ0n) is 19.1. The van der Waals surface area contributed by atoms with E-state index in [4.69, 9.17) is 4.74 Å². The van der Waals surface area contributed by atoms with Gasteiger partial charge in [-0.05, 0) is 42.8 Å². The summed E-state index contributed by atoms with van der Waals surface area (Å²) in [6.45, 7) is 2.36. The van der Waals surface area contributed by atoms with Crippen molar-refractivity contribution in [2.75, 3.05) is 27.7 Å². The van der Waals surface area contributed by atoms with E-state index in [0.29, 0.717) is 17.7 Å². The van der Waals surface area contributed by atoms with Gasteiger partial charge >= 0.3 is 0 Å². The second-order valence-electron chi connectivity index (χ2n) is 7.88. The van der Waals surface area contributed by atoms with Crippen LogP contribution < -0.4 is 10.1 Å². The second-order valence-corrected chi connectivity index (χ2v) is 7.88. The largest absolute Gasteiger partial charge is 0.496 e. The maximum absolute atomic E-state index is 12.7. The van der Waals surface area contributed by atoms with Gasteiger partial charge in [-0.15, -0.1) is 0 Å². The normalized spacial score (nSPS) is 10.8. The standard InChI is InChI=1S/C26H26N4O3/c1-5-27-25(31)17-10-16(11-18(12-17)26(32)30(2)3)19-13-21-22(15-29-24(21)28-14-19)20-8-6-7-9-23(20)33-4/h6-15H,5H2,1-4H3,(H,27,31)(H,28,29). The molecule has 0 saturated heterocycles. The number of hydrogen-bond donors (Lipinski definition) is 2. The fraction of sp³-hybridized carbons (Fsp3) is 0.192. The van der Waals surface area contributed by atoms with Crippen LogP contribution in [0.2, 0.25) is 0 Å². The molecule has 0 aliphatic heterocycles. The number of para-hydroxylation sites is 1. The smallest absolute Gasteiger partial charge is 0.253 e. The Balaban J connectivity index is 1.88. The first-order chi connectivity index (χ1) is 15.9. The zero-order valence-corrected chi connectivity index (χ0v) is 19.1. The van der Waals surface area contributed by atoms with E-state index in [1.807, 2.05) is 43.5 Å². The van der Waals surface area contributed by atoms with E-state index >= 15 is 0 Å². The first kappa shape index (κ1) is 22.1. The summed E-state index contributed by atoms with van der Waals surface area (Å²) in [6, 6.07) is 15.0. The van der Waals surface area contributed by atoms with Gasteiger partial charge in [0.15, 0.2) is 0 Å². The van der Waals surface area contributed by atoms with Gasteiger partial charge in [0, 0.05) is 66.2 Å². The van der Waals surface area contributed by atoms with Crippen LogP contribution in [0.1, 0.15) is 27.6 Å². The number of ether oxygens (including phenoxy) is 1. The van der Waals surface area contributed by atoms with Crippen LogP contribution >= 0.6 is 0 Å². The van der Waals surface area contributed by atoms with E-state index in [2.05, 4.69) is 15.3 Å². The highest BCUT2D eigenvalue weighted by Crippen LogP contribution is 2.36. The SMILES string of the molecule is CCNC(=O)c1cc(C(=O)N(C)C)cc(-c2cnc3[nH]cc(-c4ccccc4OC)c3c2)c1. The molecule has 2 aromatic heterocycles. The summed E-state index contributed by atoms with van der Waals surface area (Å²) in [6.07, 6.45) is 3.65. The molecule has 0 aliphatic carbocycles. The predicted molar refractivity (Wildman–Crippen MR) is 130 cm³/mol. The molecule has 7 heteroatoms. The number of methoxy groups -OCH3 is 1. The highest BCUT2D eigenvalue weighted by molar-refractivity contribution is 6.02. The maximum Gasteiger partial charge on any atom is 0.253 e. The van der Waals surface area contributed by atoms with Crippen LogP contribution in [-0.2, 0) is 0 Å². The molecule has 0 aliphatic rings. The van der Waals surface area contributed by atoms with Crippen molar-refractivity contribution in [3.05, 3.63) is 72.1 Å². The van der Waals surface area contributed by atoms with Gasteiger partial charge in [0.1, 0.15) is 11.4 Å². The number of rotatable bonds is 6. The third kappa shape index (κ3) is 4.30. The number of pyridine rings is 1. The molecule has 0 radical (unpaired) electrons. The van der Waals surface area contributed by atoms with E-state index in [1.165, 1.54) is 4.90 Å². The summed E-state index contributed by atoms with van der Waals surface area (Å²) in [7, 11) is 5.02. The predicted octanol–water partition coefficient (Wildman–Crippen LogP) is 4.36. The topological polar surface area (TPSA) is 87.3 Å². The van der Waals surface area contributed by atoms with Gasteiger partial charge in [-0.1, -0.05) is 18.2 Å². The Hall–Kier alpha value is -4.13. The van der Waals surface area contributed by atoms with Crippen molar-refractivity contribution in [3.63, 3.8) is 0 Å². The lowest BCUT2D eigenvalue weighted by atomic mass is 9.98. The second kappa shape index (κ2) is 9.16. The molecule has 0 saturated carbocycles. The number of benzene rings is 2. The van der Waals surface area contributed by atoms with Gasteiger partial charge in [-0.3, -0.25) is 9.59 Å². The quantitative estimate of drug-likeness (QED) is 0.465. The molecule has 0 fully saturated rings. The highest BCUT2D eigenvalue weighted by atomic mass is 16.5. The number of nitrogens with one attached hydrogen (secondary N) is 2. The van der Waals surface area contributed by atoms with Crippen LogP contribution in [-0.4, -0.2) is 54.4 Å². The van der Waals surface area contributed by atoms with E-state index < -0.39 is 0 Å². The fourth-order valence-electron chi connectivity index (χ4n) is 3.82. The van der Waals surface area contributed by atoms with Crippen molar-refractivity contribution in [2.24, 2.45) is 0 Å². The van der Waals surface area contributed by atoms with Gasteiger partial charge in [0.05, 0.1) is 7.11 Å². The van der Waals surface area contributed by atoms with E-state index in [1.54, 1.807) is 45.6 Å².